The lowest BCUT2D eigenvalue weighted by Gasteiger charge is -2.27. The third-order valence-electron chi connectivity index (χ3n) is 5.87. The van der Waals surface area contributed by atoms with E-state index in [1.807, 2.05) is 30.3 Å². The number of aliphatic hydroxyl groups is 1. The van der Waals surface area contributed by atoms with Crippen molar-refractivity contribution in [3.05, 3.63) is 35.9 Å². The van der Waals surface area contributed by atoms with Gasteiger partial charge in [-0.25, -0.2) is 4.79 Å². The van der Waals surface area contributed by atoms with Crippen LogP contribution in [-0.2, 0) is 16.1 Å². The summed E-state index contributed by atoms with van der Waals surface area (Å²) in [6.07, 6.45) is 5.04. The van der Waals surface area contributed by atoms with E-state index in [1.165, 1.54) is 6.42 Å². The average molecular weight is 434 g/mol. The number of benzene rings is 1. The predicted octanol–water partition coefficient (Wildman–Crippen LogP) is 2.51. The van der Waals surface area contributed by atoms with Gasteiger partial charge < -0.3 is 25.7 Å². The molecule has 172 valence electrons. The minimum atomic E-state index is -1.24. The zero-order chi connectivity index (χ0) is 22.6. The van der Waals surface area contributed by atoms with E-state index in [9.17, 15) is 19.5 Å². The number of rotatable bonds is 11. The van der Waals surface area contributed by atoms with Crippen LogP contribution in [0.25, 0.3) is 0 Å². The van der Waals surface area contributed by atoms with E-state index in [1.54, 1.807) is 11.9 Å². The van der Waals surface area contributed by atoms with Crippen molar-refractivity contribution >= 4 is 17.9 Å². The second-order valence-corrected chi connectivity index (χ2v) is 8.40. The number of carbonyl (C=O) groups is 3. The Labute approximate surface area is 184 Å². The lowest BCUT2D eigenvalue weighted by molar-refractivity contribution is -0.131. The van der Waals surface area contributed by atoms with Crippen LogP contribution in [0.4, 0.5) is 4.79 Å². The number of hydrogen-bond donors (Lipinski definition) is 4. The van der Waals surface area contributed by atoms with Crippen molar-refractivity contribution < 1.29 is 24.6 Å². The predicted molar refractivity (Wildman–Crippen MR) is 117 cm³/mol. The summed E-state index contributed by atoms with van der Waals surface area (Å²) in [5.41, 5.74) is 1.02. The molecule has 1 aromatic rings. The molecule has 2 unspecified atom stereocenters. The van der Waals surface area contributed by atoms with Gasteiger partial charge in [0.15, 0.2) is 0 Å². The summed E-state index contributed by atoms with van der Waals surface area (Å²) in [6.45, 7) is 0.173. The van der Waals surface area contributed by atoms with Gasteiger partial charge in [0, 0.05) is 20.0 Å². The van der Waals surface area contributed by atoms with Crippen molar-refractivity contribution in [2.24, 2.45) is 5.92 Å². The summed E-state index contributed by atoms with van der Waals surface area (Å²) >= 11 is 0. The number of carboxylic acid groups (broad SMARTS) is 1. The summed E-state index contributed by atoms with van der Waals surface area (Å²) in [7, 11) is 1.72. The van der Waals surface area contributed by atoms with Crippen molar-refractivity contribution in [2.75, 3.05) is 13.7 Å². The third kappa shape index (κ3) is 8.96. The Morgan fingerprint density at radius 3 is 2.39 bits per heavy atom. The molecule has 0 aliphatic heterocycles. The number of hydrogen-bond acceptors (Lipinski definition) is 4. The monoisotopic (exact) mass is 433 g/mol. The van der Waals surface area contributed by atoms with E-state index in [0.29, 0.717) is 18.9 Å². The summed E-state index contributed by atoms with van der Waals surface area (Å²) in [4.78, 5) is 37.9. The van der Waals surface area contributed by atoms with Gasteiger partial charge in [-0.3, -0.25) is 9.59 Å². The molecular weight excluding hydrogens is 398 g/mol. The molecule has 4 N–H and O–H groups in total. The normalized spacial score (nSPS) is 16.2. The molecular formula is C23H35N3O5. The van der Waals surface area contributed by atoms with Gasteiger partial charge in [-0.05, 0) is 24.3 Å². The van der Waals surface area contributed by atoms with E-state index < -0.39 is 24.1 Å². The highest BCUT2D eigenvalue weighted by Gasteiger charge is 2.27. The standard InChI is InChI=1S/C23H35N3O5/c1-26(15-18-10-6-3-7-11-18)21(28)13-12-19(16-27)24-22(29)20(25-23(30)31)14-17-8-4-2-5-9-17/h3,6-7,10-11,17,19-20,25,27H,2,4-5,8-9,12-16H2,1H3,(H,24,29)(H,30,31). The van der Waals surface area contributed by atoms with Crippen molar-refractivity contribution in [1.29, 1.82) is 0 Å². The molecule has 0 spiro atoms. The number of amides is 3. The second kappa shape index (κ2) is 12.9. The Hall–Kier alpha value is -2.61. The Kier molecular flexibility index (Phi) is 10.3. The second-order valence-electron chi connectivity index (χ2n) is 8.40. The summed E-state index contributed by atoms with van der Waals surface area (Å²) < 4.78 is 0. The molecule has 1 aliphatic rings. The molecule has 0 bridgehead atoms. The molecule has 8 nitrogen and oxygen atoms in total. The highest BCUT2D eigenvalue weighted by Crippen LogP contribution is 2.27. The van der Waals surface area contributed by atoms with E-state index in [4.69, 9.17) is 5.11 Å². The largest absolute Gasteiger partial charge is 0.465 e. The molecule has 2 atom stereocenters. The van der Waals surface area contributed by atoms with Crippen molar-refractivity contribution in [3.63, 3.8) is 0 Å². The average Bonchev–Trinajstić information content (AvgIpc) is 2.76. The Morgan fingerprint density at radius 1 is 1.10 bits per heavy atom. The molecule has 1 aromatic carbocycles. The first-order chi connectivity index (χ1) is 14.9. The summed E-state index contributed by atoms with van der Waals surface area (Å²) in [5.74, 6) is -0.215. The van der Waals surface area contributed by atoms with Crippen LogP contribution in [-0.4, -0.2) is 58.8 Å². The van der Waals surface area contributed by atoms with Crippen LogP contribution < -0.4 is 10.6 Å². The first-order valence-electron chi connectivity index (χ1n) is 11.1. The number of nitrogens with one attached hydrogen (secondary N) is 2. The van der Waals surface area contributed by atoms with E-state index >= 15 is 0 Å². The fraction of sp³-hybridized carbons (Fsp3) is 0.609. The minimum absolute atomic E-state index is 0.0843. The molecule has 8 heteroatoms. The summed E-state index contributed by atoms with van der Waals surface area (Å²) in [5, 5.41) is 23.8. The van der Waals surface area contributed by atoms with Gasteiger partial charge in [0.2, 0.25) is 11.8 Å². The van der Waals surface area contributed by atoms with E-state index in [2.05, 4.69) is 10.6 Å². The molecule has 1 saturated carbocycles. The van der Waals surface area contributed by atoms with Crippen LogP contribution in [0.1, 0.15) is 56.9 Å². The maximum Gasteiger partial charge on any atom is 0.405 e. The zero-order valence-corrected chi connectivity index (χ0v) is 18.3. The van der Waals surface area contributed by atoms with Gasteiger partial charge in [-0.15, -0.1) is 0 Å². The van der Waals surface area contributed by atoms with E-state index in [-0.39, 0.29) is 25.4 Å². The van der Waals surface area contributed by atoms with Gasteiger partial charge >= 0.3 is 6.09 Å². The molecule has 1 fully saturated rings. The summed E-state index contributed by atoms with van der Waals surface area (Å²) in [6, 6.07) is 8.18. The van der Waals surface area contributed by atoms with Crippen LogP contribution in [0.2, 0.25) is 0 Å². The van der Waals surface area contributed by atoms with E-state index in [0.717, 1.165) is 31.2 Å². The minimum Gasteiger partial charge on any atom is -0.465 e. The lowest BCUT2D eigenvalue weighted by atomic mass is 9.84. The molecule has 0 heterocycles. The SMILES string of the molecule is CN(Cc1ccccc1)C(=O)CCC(CO)NC(=O)C(CC1CCCCC1)NC(=O)O. The topological polar surface area (TPSA) is 119 Å². The highest BCUT2D eigenvalue weighted by molar-refractivity contribution is 5.85. The molecule has 0 saturated heterocycles. The first kappa shape index (κ1) is 24.7. The molecule has 2 rings (SSSR count). The molecule has 1 aliphatic carbocycles. The number of aliphatic hydroxyl groups excluding tert-OH is 1. The third-order valence-corrected chi connectivity index (χ3v) is 5.87. The van der Waals surface area contributed by atoms with Gasteiger partial charge in [0.25, 0.3) is 0 Å². The fourth-order valence-electron chi connectivity index (χ4n) is 4.08. The van der Waals surface area contributed by atoms with Gasteiger partial charge in [-0.1, -0.05) is 62.4 Å². The highest BCUT2D eigenvalue weighted by atomic mass is 16.4. The Balaban J connectivity index is 1.84. The van der Waals surface area contributed by atoms with Crippen molar-refractivity contribution in [3.8, 4) is 0 Å². The number of carbonyl (C=O) groups excluding carboxylic acids is 2. The molecule has 31 heavy (non-hydrogen) atoms. The number of nitrogens with zero attached hydrogens (tertiary/aromatic N) is 1. The van der Waals surface area contributed by atoms with Gasteiger partial charge in [0.1, 0.15) is 6.04 Å². The van der Waals surface area contributed by atoms with Crippen LogP contribution in [0.15, 0.2) is 30.3 Å². The maximum absolute atomic E-state index is 12.7. The lowest BCUT2D eigenvalue weighted by Crippen LogP contribution is -2.51. The quantitative estimate of drug-likeness (QED) is 0.428. The van der Waals surface area contributed by atoms with Crippen molar-refractivity contribution in [1.82, 2.24) is 15.5 Å². The van der Waals surface area contributed by atoms with Gasteiger partial charge in [0.05, 0.1) is 12.6 Å². The first-order valence-corrected chi connectivity index (χ1v) is 11.1. The maximum atomic E-state index is 12.7. The molecule has 3 amide bonds. The van der Waals surface area contributed by atoms with Crippen LogP contribution in [0.5, 0.6) is 0 Å². The van der Waals surface area contributed by atoms with Crippen LogP contribution >= 0.6 is 0 Å². The van der Waals surface area contributed by atoms with Gasteiger partial charge in [-0.2, -0.15) is 0 Å². The van der Waals surface area contributed by atoms with Crippen molar-refractivity contribution in [2.45, 2.75) is 70.0 Å². The molecule has 0 radical (unpaired) electrons. The zero-order valence-electron chi connectivity index (χ0n) is 18.3. The smallest absolute Gasteiger partial charge is 0.405 e. The Bertz CT molecular complexity index is 706. The molecule has 0 aromatic heterocycles. The van der Waals surface area contributed by atoms with Crippen LogP contribution in [0.3, 0.4) is 0 Å². The fourth-order valence-corrected chi connectivity index (χ4v) is 4.08. The van der Waals surface area contributed by atoms with Crippen LogP contribution in [0, 0.1) is 5.92 Å². The Morgan fingerprint density at radius 2 is 1.77 bits per heavy atom.